The first kappa shape index (κ1) is 21.5. The molecule has 1 aromatic carbocycles. The van der Waals surface area contributed by atoms with Gasteiger partial charge in [0.05, 0.1) is 0 Å². The Bertz CT molecular complexity index is 1100. The van der Waals surface area contributed by atoms with Crippen LogP contribution in [0.1, 0.15) is 5.82 Å². The molecule has 0 aliphatic rings. The standard InChI is InChI=1S/C17H17F3N6O3S/c1-12-24-15(11-16(25-12)26-10-4-7-22-26)21-8-9-23-30(27,28)14-6-3-2-5-13(14)29-17(18,19)20/h2-7,10-11,23H,8-9H2,1H3,(H,21,24,25). The van der Waals surface area contributed by atoms with Crippen LogP contribution in [0.5, 0.6) is 5.75 Å². The lowest BCUT2D eigenvalue weighted by molar-refractivity contribution is -0.275. The van der Waals surface area contributed by atoms with E-state index in [1.165, 1.54) is 12.1 Å². The summed E-state index contributed by atoms with van der Waals surface area (Å²) in [5, 5.41) is 7.01. The first-order valence-electron chi connectivity index (χ1n) is 8.58. The highest BCUT2D eigenvalue weighted by molar-refractivity contribution is 7.89. The highest BCUT2D eigenvalue weighted by atomic mass is 32.2. The Morgan fingerprint density at radius 2 is 1.90 bits per heavy atom. The van der Waals surface area contributed by atoms with Crippen LogP contribution >= 0.6 is 0 Å². The minimum absolute atomic E-state index is 0.108. The number of nitrogens with one attached hydrogen (secondary N) is 2. The Balaban J connectivity index is 1.63. The minimum Gasteiger partial charge on any atom is -0.404 e. The molecule has 0 bridgehead atoms. The molecule has 2 aromatic heterocycles. The van der Waals surface area contributed by atoms with Crippen molar-refractivity contribution in [2.45, 2.75) is 18.2 Å². The van der Waals surface area contributed by atoms with Crippen LogP contribution in [0.4, 0.5) is 19.0 Å². The predicted molar refractivity (Wildman–Crippen MR) is 101 cm³/mol. The lowest BCUT2D eigenvalue weighted by atomic mass is 10.3. The largest absolute Gasteiger partial charge is 0.573 e. The van der Waals surface area contributed by atoms with Crippen LogP contribution in [-0.4, -0.2) is 47.6 Å². The first-order chi connectivity index (χ1) is 14.1. The maximum atomic E-state index is 12.5. The molecule has 0 spiro atoms. The maximum absolute atomic E-state index is 12.5. The van der Waals surface area contributed by atoms with Gasteiger partial charge in [0, 0.05) is 31.5 Å². The number of anilines is 1. The minimum atomic E-state index is -5.01. The molecule has 0 saturated heterocycles. The zero-order valence-corrected chi connectivity index (χ0v) is 16.4. The van der Waals surface area contributed by atoms with Gasteiger partial charge in [0.15, 0.2) is 5.82 Å². The third-order valence-electron chi connectivity index (χ3n) is 3.65. The second-order valence-electron chi connectivity index (χ2n) is 5.93. The molecule has 0 amide bonds. The molecular weight excluding hydrogens is 425 g/mol. The van der Waals surface area contributed by atoms with Gasteiger partial charge in [0.2, 0.25) is 10.0 Å². The van der Waals surface area contributed by atoms with Crippen molar-refractivity contribution in [3.8, 4) is 11.6 Å². The number of aryl methyl sites for hydroxylation is 1. The predicted octanol–water partition coefficient (Wildman–Crippen LogP) is 2.26. The van der Waals surface area contributed by atoms with Crippen LogP contribution in [0.3, 0.4) is 0 Å². The van der Waals surface area contributed by atoms with Crippen molar-refractivity contribution in [2.24, 2.45) is 0 Å². The highest BCUT2D eigenvalue weighted by Gasteiger charge is 2.33. The Hall–Kier alpha value is -3.19. The zero-order valence-electron chi connectivity index (χ0n) is 15.6. The molecule has 0 atom stereocenters. The number of aromatic nitrogens is 4. The van der Waals surface area contributed by atoms with Crippen LogP contribution in [0.2, 0.25) is 0 Å². The third-order valence-corrected chi connectivity index (χ3v) is 5.15. The van der Waals surface area contributed by atoms with E-state index < -0.39 is 27.0 Å². The molecule has 9 nitrogen and oxygen atoms in total. The van der Waals surface area contributed by atoms with E-state index in [1.54, 1.807) is 36.1 Å². The van der Waals surface area contributed by atoms with Gasteiger partial charge in [0.1, 0.15) is 22.3 Å². The number of ether oxygens (including phenoxy) is 1. The van der Waals surface area contributed by atoms with Crippen molar-refractivity contribution in [3.05, 3.63) is 54.6 Å². The summed E-state index contributed by atoms with van der Waals surface area (Å²) in [7, 11) is -4.23. The molecule has 2 heterocycles. The summed E-state index contributed by atoms with van der Waals surface area (Å²) in [5.41, 5.74) is 0. The molecule has 0 aliphatic heterocycles. The maximum Gasteiger partial charge on any atom is 0.573 e. The van der Waals surface area contributed by atoms with Gasteiger partial charge in [-0.05, 0) is 25.1 Å². The van der Waals surface area contributed by atoms with Crippen molar-refractivity contribution < 1.29 is 26.3 Å². The molecule has 3 aromatic rings. The Labute approximate surface area is 170 Å². The normalized spacial score (nSPS) is 12.0. The molecule has 0 saturated carbocycles. The topological polar surface area (TPSA) is 111 Å². The molecule has 13 heteroatoms. The lowest BCUT2D eigenvalue weighted by Gasteiger charge is -2.14. The van der Waals surface area contributed by atoms with Crippen LogP contribution in [0.25, 0.3) is 5.82 Å². The number of alkyl halides is 3. The summed E-state index contributed by atoms with van der Waals surface area (Å²) in [6.45, 7) is 1.71. The number of halogens is 3. The van der Waals surface area contributed by atoms with E-state index >= 15 is 0 Å². The molecular formula is C17H17F3N6O3S. The molecule has 0 radical (unpaired) electrons. The van der Waals surface area contributed by atoms with E-state index in [0.29, 0.717) is 17.5 Å². The fourth-order valence-electron chi connectivity index (χ4n) is 2.50. The van der Waals surface area contributed by atoms with Gasteiger partial charge in [0.25, 0.3) is 0 Å². The Kier molecular flexibility index (Phi) is 6.22. The summed E-state index contributed by atoms with van der Waals surface area (Å²) >= 11 is 0. The molecule has 0 fully saturated rings. The SMILES string of the molecule is Cc1nc(NCCNS(=O)(=O)c2ccccc2OC(F)(F)F)cc(-n2cccn2)n1. The quantitative estimate of drug-likeness (QED) is 0.515. The van der Waals surface area contributed by atoms with E-state index in [9.17, 15) is 21.6 Å². The molecule has 0 aliphatic carbocycles. The van der Waals surface area contributed by atoms with Crippen molar-refractivity contribution in [3.63, 3.8) is 0 Å². The van der Waals surface area contributed by atoms with Crippen molar-refractivity contribution >= 4 is 15.8 Å². The van der Waals surface area contributed by atoms with Gasteiger partial charge in [-0.3, -0.25) is 0 Å². The monoisotopic (exact) mass is 442 g/mol. The number of benzene rings is 1. The average Bonchev–Trinajstić information content (AvgIpc) is 3.19. The van der Waals surface area contributed by atoms with Crippen molar-refractivity contribution in [1.29, 1.82) is 0 Å². The summed E-state index contributed by atoms with van der Waals surface area (Å²) in [5.74, 6) is 0.631. The number of rotatable bonds is 8. The molecule has 30 heavy (non-hydrogen) atoms. The van der Waals surface area contributed by atoms with Gasteiger partial charge in [-0.25, -0.2) is 27.8 Å². The highest BCUT2D eigenvalue weighted by Crippen LogP contribution is 2.29. The van der Waals surface area contributed by atoms with E-state index in [-0.39, 0.29) is 13.1 Å². The summed E-state index contributed by atoms with van der Waals surface area (Å²) in [6.07, 6.45) is -1.70. The zero-order chi connectivity index (χ0) is 21.8. The number of hydrogen-bond acceptors (Lipinski definition) is 7. The van der Waals surface area contributed by atoms with Gasteiger partial charge in [-0.1, -0.05) is 12.1 Å². The number of nitrogens with zero attached hydrogens (tertiary/aromatic N) is 4. The van der Waals surface area contributed by atoms with Crippen LogP contribution in [-0.2, 0) is 10.0 Å². The Morgan fingerprint density at radius 1 is 1.13 bits per heavy atom. The van der Waals surface area contributed by atoms with Gasteiger partial charge in [-0.2, -0.15) is 5.10 Å². The smallest absolute Gasteiger partial charge is 0.404 e. The summed E-state index contributed by atoms with van der Waals surface area (Å²) < 4.78 is 69.9. The number of hydrogen-bond donors (Lipinski definition) is 2. The molecule has 3 rings (SSSR count). The van der Waals surface area contributed by atoms with Crippen LogP contribution in [0.15, 0.2) is 53.7 Å². The molecule has 160 valence electrons. The van der Waals surface area contributed by atoms with Crippen molar-refractivity contribution in [1.82, 2.24) is 24.5 Å². The Morgan fingerprint density at radius 3 is 2.60 bits per heavy atom. The summed E-state index contributed by atoms with van der Waals surface area (Å²) in [4.78, 5) is 7.85. The first-order valence-corrected chi connectivity index (χ1v) is 10.1. The van der Waals surface area contributed by atoms with Gasteiger partial charge < -0.3 is 10.1 Å². The number of sulfonamides is 1. The van der Waals surface area contributed by atoms with Crippen LogP contribution in [0, 0.1) is 6.92 Å². The van der Waals surface area contributed by atoms with E-state index in [0.717, 1.165) is 12.1 Å². The summed E-state index contributed by atoms with van der Waals surface area (Å²) in [6, 6.07) is 7.87. The third kappa shape index (κ3) is 5.67. The number of para-hydroxylation sites is 1. The molecule has 0 unspecified atom stereocenters. The van der Waals surface area contributed by atoms with Gasteiger partial charge >= 0.3 is 6.36 Å². The second-order valence-corrected chi connectivity index (χ2v) is 7.66. The molecule has 2 N–H and O–H groups in total. The van der Waals surface area contributed by atoms with E-state index in [2.05, 4.69) is 29.8 Å². The fraction of sp³-hybridized carbons (Fsp3) is 0.235. The lowest BCUT2D eigenvalue weighted by Crippen LogP contribution is -2.30. The second kappa shape index (κ2) is 8.67. The fourth-order valence-corrected chi connectivity index (χ4v) is 3.66. The average molecular weight is 442 g/mol. The van der Waals surface area contributed by atoms with E-state index in [1.807, 2.05) is 0 Å². The van der Waals surface area contributed by atoms with Gasteiger partial charge in [-0.15, -0.1) is 13.2 Å². The van der Waals surface area contributed by atoms with E-state index in [4.69, 9.17) is 0 Å². The van der Waals surface area contributed by atoms with Crippen LogP contribution < -0.4 is 14.8 Å². The van der Waals surface area contributed by atoms with Crippen molar-refractivity contribution in [2.75, 3.05) is 18.4 Å².